The molecule has 6 radical (unpaired) electrons. The molecule has 85 heavy (non-hydrogen) atoms. The summed E-state index contributed by atoms with van der Waals surface area (Å²) in [6.07, 6.45) is -7.08. The molecule has 1 unspecified atom stereocenters. The first-order valence-electron chi connectivity index (χ1n) is 18.3. The first-order valence-corrected chi connectivity index (χ1v) is 18.3. The van der Waals surface area contributed by atoms with Gasteiger partial charge in [-0.1, -0.05) is 68.8 Å². The summed E-state index contributed by atoms with van der Waals surface area (Å²) in [6, 6.07) is 13.5. The predicted octanol–water partition coefficient (Wildman–Crippen LogP) is 20.3. The van der Waals surface area contributed by atoms with Crippen LogP contribution in [0.3, 0.4) is 0 Å². The predicted molar refractivity (Wildman–Crippen MR) is 282 cm³/mol. The molecule has 0 aliphatic heterocycles. The average molecular weight is 1730 g/mol. The maximum Gasteiger partial charge on any atom is 0.419 e. The summed E-state index contributed by atoms with van der Waals surface area (Å²) in [5.41, 5.74) is -1.06. The van der Waals surface area contributed by atoms with Crippen LogP contribution >= 0.6 is 0 Å². The van der Waals surface area contributed by atoms with Gasteiger partial charge in [-0.05, 0) is 72.5 Å². The molecule has 31 heteroatoms. The van der Waals surface area contributed by atoms with E-state index in [2.05, 4.69) is 29.9 Å². The molecule has 0 bridgehead atoms. The van der Waals surface area contributed by atoms with Crippen LogP contribution in [0.15, 0.2) is 123 Å². The number of nitrogens with zero attached hydrogens (tertiary/aromatic N) is 6. The Kier molecular flexibility index (Phi) is 103. The first-order chi connectivity index (χ1) is 31.0. The van der Waals surface area contributed by atoms with E-state index in [1.807, 2.05) is 0 Å². The Morgan fingerprint density at radius 2 is 0.776 bits per heavy atom. The Hall–Kier alpha value is -1.99. The van der Waals surface area contributed by atoms with Crippen LogP contribution in [0.25, 0.3) is 0 Å². The topological polar surface area (TPSA) is 77.3 Å². The number of hydrogen-bond acceptors (Lipinski definition) is 6. The summed E-state index contributed by atoms with van der Waals surface area (Å²) in [7, 11) is 0. The summed E-state index contributed by atoms with van der Waals surface area (Å²) in [5.74, 6) is -10.9. The molecule has 492 valence electrons. The van der Waals surface area contributed by atoms with Crippen LogP contribution in [0.1, 0.15) is 104 Å². The van der Waals surface area contributed by atoms with Crippen LogP contribution in [0.5, 0.6) is 0 Å². The number of halogens is 19. The molecular formula is C54H77F19N6Nb6-6. The van der Waals surface area contributed by atoms with Crippen molar-refractivity contribution in [2.75, 3.05) is 0 Å². The minimum absolute atomic E-state index is 0. The number of hydrogen-bond donors (Lipinski definition) is 0. The van der Waals surface area contributed by atoms with Gasteiger partial charge >= 0.3 is 18.5 Å². The van der Waals surface area contributed by atoms with Gasteiger partial charge in [-0.3, -0.25) is 19.9 Å². The summed E-state index contributed by atoms with van der Waals surface area (Å²) >= 11 is 0. The van der Waals surface area contributed by atoms with Gasteiger partial charge < -0.3 is 44.6 Å². The second-order valence-electron chi connectivity index (χ2n) is 13.0. The van der Waals surface area contributed by atoms with Gasteiger partial charge in [0.25, 0.3) is 6.43 Å². The Balaban J connectivity index is -0.0000000380. The van der Waals surface area contributed by atoms with E-state index < -0.39 is 84.3 Å². The largest absolute Gasteiger partial charge is 0.419 e. The van der Waals surface area contributed by atoms with Gasteiger partial charge in [-0.25, -0.2) is 45.1 Å². The monoisotopic (exact) mass is 1730 g/mol. The van der Waals surface area contributed by atoms with E-state index in [9.17, 15) is 83.4 Å². The van der Waals surface area contributed by atoms with Crippen molar-refractivity contribution < 1.29 is 218 Å². The minimum atomic E-state index is -4.88. The minimum Gasteiger partial charge on any atom is -0.358 e. The van der Waals surface area contributed by atoms with E-state index in [4.69, 9.17) is 0 Å². The maximum atomic E-state index is 12.4. The van der Waals surface area contributed by atoms with E-state index in [0.29, 0.717) is 23.4 Å². The van der Waals surface area contributed by atoms with Crippen molar-refractivity contribution >= 4 is 0 Å². The number of pyridine rings is 6. The number of rotatable bonds is 7. The van der Waals surface area contributed by atoms with E-state index in [1.165, 1.54) is 61.4 Å². The van der Waals surface area contributed by atoms with Gasteiger partial charge in [-0.15, -0.1) is 0 Å². The van der Waals surface area contributed by atoms with Crippen molar-refractivity contribution in [2.24, 2.45) is 0 Å². The van der Waals surface area contributed by atoms with E-state index in [-0.39, 0.29) is 247 Å². The van der Waals surface area contributed by atoms with Crippen LogP contribution in [0, 0.1) is 68.1 Å². The Labute approximate surface area is 587 Å². The Morgan fingerprint density at radius 1 is 0.435 bits per heavy atom. The second-order valence-corrected chi connectivity index (χ2v) is 13.0. The third-order valence-electron chi connectivity index (χ3n) is 7.42. The fraction of sp³-hybridized carbons (Fsp3) is 0.333. The van der Waals surface area contributed by atoms with Gasteiger partial charge in [-0.2, -0.15) is 48.3 Å². The molecule has 0 saturated carbocycles. The van der Waals surface area contributed by atoms with Crippen molar-refractivity contribution in [3.05, 3.63) is 224 Å². The molecule has 6 nitrogen and oxygen atoms in total. The number of alkyl halides is 15. The van der Waals surface area contributed by atoms with Crippen molar-refractivity contribution in [1.82, 2.24) is 29.9 Å². The van der Waals surface area contributed by atoms with Crippen LogP contribution in [-0.4, -0.2) is 54.6 Å². The van der Waals surface area contributed by atoms with Crippen LogP contribution in [-0.2, 0) is 160 Å². The molecule has 6 heterocycles. The average Bonchev–Trinajstić information content (AvgIpc) is 3.23. The van der Waals surface area contributed by atoms with Gasteiger partial charge in [0, 0.05) is 209 Å². The molecule has 6 aromatic rings. The first kappa shape index (κ1) is 132. The van der Waals surface area contributed by atoms with Crippen molar-refractivity contribution in [1.29, 1.82) is 0 Å². The molecule has 6 aromatic heterocycles. The molecule has 0 aliphatic carbocycles. The molecule has 0 aromatic carbocycles. The summed E-state index contributed by atoms with van der Waals surface area (Å²) in [4.78, 5) is 20.2. The molecule has 6 rings (SSSR count). The zero-order chi connectivity index (χ0) is 51.0. The normalized spacial score (nSPS) is 9.26. The van der Waals surface area contributed by atoms with Crippen LogP contribution < -0.4 is 0 Å². The SMILES string of the molecule is C.C.C.C.C.C.CC(F)(F)Cc1cccnc1.CC(c1cccnc1)C(F)(F)F.FC(F)(F)Cc1cccnc1.FC(F)Cc1cccnc1.Fc1nccc(C(F)(F)F)c1F.Fc1nccc(C(F)F)c1F.[CH3-].[CH3-].[CH3-].[CH3-].[CH3-].[CH3-].[Nb].[Nb].[Nb].[Nb].[Nb].[Nb]. The fourth-order valence-electron chi connectivity index (χ4n) is 4.35. The molecule has 1 atom stereocenters. The molecule has 0 spiro atoms. The summed E-state index contributed by atoms with van der Waals surface area (Å²) < 4.78 is 227. The molecular weight excluding hydrogens is 1650 g/mol. The molecule has 0 N–H and O–H groups in total. The Morgan fingerprint density at radius 3 is 1.05 bits per heavy atom. The van der Waals surface area contributed by atoms with Crippen LogP contribution in [0.4, 0.5) is 83.4 Å². The van der Waals surface area contributed by atoms with E-state index in [1.54, 1.807) is 36.7 Å². The quantitative estimate of drug-likeness (QED) is 0.0686. The zero-order valence-electron chi connectivity index (χ0n) is 42.9. The third-order valence-corrected chi connectivity index (χ3v) is 7.42. The Bertz CT molecular complexity index is 2230. The van der Waals surface area contributed by atoms with Gasteiger partial charge in [0.05, 0.1) is 23.5 Å². The van der Waals surface area contributed by atoms with Gasteiger partial charge in [0.15, 0.2) is 11.6 Å². The molecule has 0 saturated heterocycles. The smallest absolute Gasteiger partial charge is 0.358 e. The summed E-state index contributed by atoms with van der Waals surface area (Å²) in [5, 5.41) is 0. The zero-order valence-corrected chi connectivity index (χ0v) is 56.1. The standard InChI is InChI=1S/C8H8F3N.C8H9F2N.C7H6F3N.C7H7F2N.C6H2F5N.C6H3F4N.6CH4.6CH3.6Nb/c1-6(8(9,10)11)7-3-2-4-12-5-7;1-8(9,10)5-7-3-2-4-11-6-7;8-7(9,10)4-6-2-1-3-11-5-6;8-7(9)4-6-2-1-3-10-5-6;7-4-3(6(9,10)11)1-2-12-5(4)8;7-4-3(5(8)9)1-2-11-6(4)10;;;;;;;;;;;;;;;;;;/h2-6H,1H3;2-4,6H,5H2,1H3;1-3,5H,4H2;1-3,5,7H,4H2;1-2H;1-2,5H;6*1H4;6*1H3;;;;;;/q;;;;;;;;;;;;6*-1;;;;;;. The van der Waals surface area contributed by atoms with Crippen molar-refractivity contribution in [3.8, 4) is 0 Å². The third kappa shape index (κ3) is 62.0. The molecule has 0 amide bonds. The van der Waals surface area contributed by atoms with Crippen LogP contribution in [0.2, 0.25) is 0 Å². The van der Waals surface area contributed by atoms with E-state index in [0.717, 1.165) is 26.1 Å². The summed E-state index contributed by atoms with van der Waals surface area (Å²) in [6.45, 7) is 2.02. The van der Waals surface area contributed by atoms with Crippen molar-refractivity contribution in [3.63, 3.8) is 0 Å². The van der Waals surface area contributed by atoms with Gasteiger partial charge in [0.2, 0.25) is 24.2 Å². The molecule has 0 fully saturated rings. The second kappa shape index (κ2) is 66.4. The van der Waals surface area contributed by atoms with Gasteiger partial charge in [0.1, 0.15) is 0 Å². The molecule has 0 aliphatic rings. The van der Waals surface area contributed by atoms with Crippen molar-refractivity contribution in [2.45, 2.75) is 121 Å². The maximum absolute atomic E-state index is 12.4. The number of aromatic nitrogens is 6. The van der Waals surface area contributed by atoms with E-state index >= 15 is 0 Å². The fourth-order valence-corrected chi connectivity index (χ4v) is 4.35.